The number of benzene rings is 2. The normalized spacial score (nSPS) is 20.9. The molecule has 1 aliphatic heterocycles. The van der Waals surface area contributed by atoms with Crippen LogP contribution < -0.4 is 10.2 Å². The van der Waals surface area contributed by atoms with Crippen LogP contribution >= 0.6 is 0 Å². The smallest absolute Gasteiger partial charge is 0.244 e. The molecule has 0 bridgehead atoms. The van der Waals surface area contributed by atoms with Gasteiger partial charge < -0.3 is 15.0 Å². The molecule has 4 nitrogen and oxygen atoms in total. The van der Waals surface area contributed by atoms with Crippen molar-refractivity contribution in [1.29, 1.82) is 0 Å². The third-order valence-corrected chi connectivity index (χ3v) is 4.81. The summed E-state index contributed by atoms with van der Waals surface area (Å²) in [6.07, 6.45) is 3.54. The van der Waals surface area contributed by atoms with Crippen LogP contribution in [0.3, 0.4) is 0 Å². The Hall–Kier alpha value is -2.66. The SMILES string of the molecule is C[C@@H]1CN(c2cccc([C@H](C)NC(=O)/C=C\c3ccc(F)cc3)c2)C[C@H](C)O1. The van der Waals surface area contributed by atoms with E-state index in [1.54, 1.807) is 18.2 Å². The number of amides is 1. The van der Waals surface area contributed by atoms with Gasteiger partial charge in [-0.1, -0.05) is 24.3 Å². The molecular weight excluding hydrogens is 355 g/mol. The van der Waals surface area contributed by atoms with E-state index in [2.05, 4.69) is 36.2 Å². The Morgan fingerprint density at radius 2 is 1.86 bits per heavy atom. The summed E-state index contributed by atoms with van der Waals surface area (Å²) in [5.41, 5.74) is 2.97. The Bertz CT molecular complexity index is 825. The maximum absolute atomic E-state index is 12.9. The molecule has 148 valence electrons. The zero-order valence-corrected chi connectivity index (χ0v) is 16.6. The van der Waals surface area contributed by atoms with Crippen molar-refractivity contribution in [1.82, 2.24) is 5.32 Å². The van der Waals surface area contributed by atoms with Gasteiger partial charge in [-0.25, -0.2) is 4.39 Å². The quantitative estimate of drug-likeness (QED) is 0.783. The van der Waals surface area contributed by atoms with Crippen molar-refractivity contribution in [2.24, 2.45) is 0 Å². The van der Waals surface area contributed by atoms with Crippen LogP contribution in [0.25, 0.3) is 6.08 Å². The zero-order valence-electron chi connectivity index (χ0n) is 16.6. The van der Waals surface area contributed by atoms with E-state index < -0.39 is 0 Å². The Kier molecular flexibility index (Phi) is 6.47. The molecule has 0 aliphatic carbocycles. The largest absolute Gasteiger partial charge is 0.372 e. The van der Waals surface area contributed by atoms with Crippen LogP contribution in [-0.4, -0.2) is 31.2 Å². The van der Waals surface area contributed by atoms with E-state index in [0.717, 1.165) is 29.9 Å². The molecule has 3 rings (SSSR count). The Balaban J connectivity index is 1.63. The highest BCUT2D eigenvalue weighted by Gasteiger charge is 2.22. The third-order valence-electron chi connectivity index (χ3n) is 4.81. The lowest BCUT2D eigenvalue weighted by Crippen LogP contribution is -2.45. The van der Waals surface area contributed by atoms with Gasteiger partial charge in [-0.3, -0.25) is 4.79 Å². The van der Waals surface area contributed by atoms with Crippen LogP contribution in [0.5, 0.6) is 0 Å². The summed E-state index contributed by atoms with van der Waals surface area (Å²) in [5, 5.41) is 2.98. The summed E-state index contributed by atoms with van der Waals surface area (Å²) in [6, 6.07) is 14.2. The first kappa shape index (κ1) is 20.1. The number of rotatable bonds is 5. The standard InChI is InChI=1S/C23H27FN2O2/c1-16-14-26(15-17(2)28-16)22-6-4-5-20(13-22)18(3)25-23(27)12-9-19-7-10-21(24)11-8-19/h4-13,16-18H,14-15H2,1-3H3,(H,25,27)/b12-9-/t16-,17+,18-/m0/s1. The summed E-state index contributed by atoms with van der Waals surface area (Å²) in [7, 11) is 0. The van der Waals surface area contributed by atoms with Crippen LogP contribution in [0.2, 0.25) is 0 Å². The minimum Gasteiger partial charge on any atom is -0.372 e. The molecule has 1 aliphatic rings. The van der Waals surface area contributed by atoms with Crippen molar-refractivity contribution in [2.45, 2.75) is 39.0 Å². The topological polar surface area (TPSA) is 41.6 Å². The highest BCUT2D eigenvalue weighted by atomic mass is 19.1. The van der Waals surface area contributed by atoms with Crippen LogP contribution in [0.4, 0.5) is 10.1 Å². The van der Waals surface area contributed by atoms with Crippen molar-refractivity contribution in [2.75, 3.05) is 18.0 Å². The number of halogens is 1. The molecule has 0 spiro atoms. The molecule has 1 heterocycles. The van der Waals surface area contributed by atoms with E-state index in [0.29, 0.717) is 0 Å². The molecule has 0 saturated carbocycles. The van der Waals surface area contributed by atoms with Crippen molar-refractivity contribution < 1.29 is 13.9 Å². The monoisotopic (exact) mass is 382 g/mol. The van der Waals surface area contributed by atoms with E-state index in [1.807, 2.05) is 19.1 Å². The van der Waals surface area contributed by atoms with E-state index in [4.69, 9.17) is 4.74 Å². The predicted molar refractivity (Wildman–Crippen MR) is 111 cm³/mol. The van der Waals surface area contributed by atoms with E-state index in [1.165, 1.54) is 18.2 Å². The first-order valence-corrected chi connectivity index (χ1v) is 9.65. The summed E-state index contributed by atoms with van der Waals surface area (Å²) in [5.74, 6) is -0.477. The van der Waals surface area contributed by atoms with E-state index >= 15 is 0 Å². The van der Waals surface area contributed by atoms with Gasteiger partial charge in [0, 0.05) is 24.9 Å². The van der Waals surface area contributed by atoms with Gasteiger partial charge in [0.15, 0.2) is 0 Å². The lowest BCUT2D eigenvalue weighted by molar-refractivity contribution is -0.117. The molecule has 1 N–H and O–H groups in total. The van der Waals surface area contributed by atoms with Crippen molar-refractivity contribution >= 4 is 17.7 Å². The average Bonchev–Trinajstić information content (AvgIpc) is 2.67. The van der Waals surface area contributed by atoms with Crippen LogP contribution in [0.15, 0.2) is 54.6 Å². The number of carbonyl (C=O) groups is 1. The predicted octanol–water partition coefficient (Wildman–Crippen LogP) is 4.33. The number of morpholine rings is 1. The fraction of sp³-hybridized carbons (Fsp3) is 0.348. The number of nitrogens with zero attached hydrogens (tertiary/aromatic N) is 1. The average molecular weight is 382 g/mol. The zero-order chi connectivity index (χ0) is 20.1. The summed E-state index contributed by atoms with van der Waals surface area (Å²) in [4.78, 5) is 14.6. The molecule has 0 unspecified atom stereocenters. The fourth-order valence-corrected chi connectivity index (χ4v) is 3.47. The Morgan fingerprint density at radius 3 is 2.54 bits per heavy atom. The van der Waals surface area contributed by atoms with Gasteiger partial charge in [-0.15, -0.1) is 0 Å². The Morgan fingerprint density at radius 1 is 1.18 bits per heavy atom. The molecular formula is C23H27FN2O2. The van der Waals surface area contributed by atoms with Crippen molar-refractivity contribution in [3.63, 3.8) is 0 Å². The second kappa shape index (κ2) is 9.02. The van der Waals surface area contributed by atoms with Gasteiger partial charge in [0.25, 0.3) is 0 Å². The lowest BCUT2D eigenvalue weighted by atomic mass is 10.1. The fourth-order valence-electron chi connectivity index (χ4n) is 3.47. The maximum Gasteiger partial charge on any atom is 0.244 e. The molecule has 1 saturated heterocycles. The van der Waals surface area contributed by atoms with Crippen molar-refractivity contribution in [3.05, 3.63) is 71.6 Å². The summed E-state index contributed by atoms with van der Waals surface area (Å²) >= 11 is 0. The maximum atomic E-state index is 12.9. The number of hydrogen-bond acceptors (Lipinski definition) is 3. The van der Waals surface area contributed by atoms with Gasteiger partial charge in [0.2, 0.25) is 5.91 Å². The second-order valence-electron chi connectivity index (χ2n) is 7.37. The lowest BCUT2D eigenvalue weighted by Gasteiger charge is -2.37. The molecule has 2 aromatic carbocycles. The summed E-state index contributed by atoms with van der Waals surface area (Å²) < 4.78 is 18.8. The minimum atomic E-state index is -0.292. The van der Waals surface area contributed by atoms with Crippen LogP contribution in [0, 0.1) is 5.82 Å². The summed E-state index contributed by atoms with van der Waals surface area (Å²) in [6.45, 7) is 7.85. The van der Waals surface area contributed by atoms with Crippen LogP contribution in [0.1, 0.15) is 37.9 Å². The number of nitrogens with one attached hydrogen (secondary N) is 1. The molecule has 0 radical (unpaired) electrons. The van der Waals surface area contributed by atoms with Crippen molar-refractivity contribution in [3.8, 4) is 0 Å². The second-order valence-corrected chi connectivity index (χ2v) is 7.37. The van der Waals surface area contributed by atoms with Gasteiger partial charge in [0.1, 0.15) is 5.82 Å². The molecule has 0 aromatic heterocycles. The molecule has 1 amide bonds. The van der Waals surface area contributed by atoms with Gasteiger partial charge >= 0.3 is 0 Å². The molecule has 5 heteroatoms. The Labute approximate surface area is 166 Å². The first-order chi connectivity index (χ1) is 13.4. The molecule has 1 fully saturated rings. The van der Waals surface area contributed by atoms with Gasteiger partial charge in [-0.05, 0) is 62.2 Å². The third kappa shape index (κ3) is 5.42. The molecule has 2 aromatic rings. The highest BCUT2D eigenvalue weighted by molar-refractivity contribution is 5.92. The van der Waals surface area contributed by atoms with Gasteiger partial charge in [0.05, 0.1) is 18.2 Å². The van der Waals surface area contributed by atoms with E-state index in [9.17, 15) is 9.18 Å². The number of anilines is 1. The highest BCUT2D eigenvalue weighted by Crippen LogP contribution is 2.24. The molecule has 3 atom stereocenters. The first-order valence-electron chi connectivity index (χ1n) is 9.65. The van der Waals surface area contributed by atoms with Crippen LogP contribution in [-0.2, 0) is 9.53 Å². The number of carbonyl (C=O) groups excluding carboxylic acids is 1. The van der Waals surface area contributed by atoms with Gasteiger partial charge in [-0.2, -0.15) is 0 Å². The van der Waals surface area contributed by atoms with E-state index in [-0.39, 0.29) is 30.0 Å². The number of hydrogen-bond donors (Lipinski definition) is 1. The number of ether oxygens (including phenoxy) is 1. The molecule has 28 heavy (non-hydrogen) atoms. The minimum absolute atomic E-state index is 0.124.